The first-order valence-corrected chi connectivity index (χ1v) is 13.7. The predicted molar refractivity (Wildman–Crippen MR) is 108 cm³/mol. The van der Waals surface area contributed by atoms with Crippen LogP contribution in [0, 0.1) is 0 Å². The van der Waals surface area contributed by atoms with Crippen molar-refractivity contribution in [1.29, 1.82) is 0 Å². The molecule has 5 nitrogen and oxygen atoms in total. The van der Waals surface area contributed by atoms with E-state index in [0.29, 0.717) is 12.5 Å². The summed E-state index contributed by atoms with van der Waals surface area (Å²) in [6, 6.07) is 1.29. The fourth-order valence-corrected chi connectivity index (χ4v) is 6.03. The zero-order valence-corrected chi connectivity index (χ0v) is 17.9. The van der Waals surface area contributed by atoms with Crippen LogP contribution >= 0.6 is 0 Å². The summed E-state index contributed by atoms with van der Waals surface area (Å²) in [5, 5.41) is 10.9. The van der Waals surface area contributed by atoms with E-state index in [9.17, 15) is 9.59 Å². The molecule has 6 heteroatoms. The quantitative estimate of drug-likeness (QED) is 0.312. The van der Waals surface area contributed by atoms with Crippen molar-refractivity contribution in [2.75, 3.05) is 6.54 Å². The van der Waals surface area contributed by atoms with Gasteiger partial charge in [-0.15, -0.1) is 0 Å². The van der Waals surface area contributed by atoms with Gasteiger partial charge in [0.05, 0.1) is 0 Å². The highest BCUT2D eigenvalue weighted by Crippen LogP contribution is 2.27. The van der Waals surface area contributed by atoms with Crippen molar-refractivity contribution in [3.63, 3.8) is 0 Å². The number of hydrogen-bond donors (Lipinski definition) is 2. The fourth-order valence-electron chi connectivity index (χ4n) is 3.68. The van der Waals surface area contributed by atoms with Gasteiger partial charge in [-0.25, -0.2) is 0 Å². The lowest BCUT2D eigenvalue weighted by molar-refractivity contribution is -0.137. The number of rotatable bonds is 15. The average Bonchev–Trinajstić information content (AvgIpc) is 3.06. The van der Waals surface area contributed by atoms with E-state index in [1.54, 1.807) is 0 Å². The molecule has 2 N–H and O–H groups in total. The molecule has 0 aromatic rings. The number of aliphatic carboxylic acids is 1. The van der Waals surface area contributed by atoms with E-state index in [0.717, 1.165) is 19.3 Å². The van der Waals surface area contributed by atoms with Crippen molar-refractivity contribution in [2.24, 2.45) is 0 Å². The van der Waals surface area contributed by atoms with E-state index in [1.165, 1.54) is 63.8 Å². The van der Waals surface area contributed by atoms with Crippen LogP contribution in [0.4, 0.5) is 0 Å². The molecule has 26 heavy (non-hydrogen) atoms. The Labute approximate surface area is 160 Å². The molecule has 0 heterocycles. The lowest BCUT2D eigenvalue weighted by Crippen LogP contribution is -2.34. The Bertz CT molecular complexity index is 409. The normalized spacial score (nSPS) is 15.3. The molecule has 0 aliphatic heterocycles. The van der Waals surface area contributed by atoms with Crippen LogP contribution in [0.2, 0.25) is 19.1 Å². The molecule has 1 aliphatic rings. The molecule has 0 unspecified atom stereocenters. The summed E-state index contributed by atoms with van der Waals surface area (Å²) in [4.78, 5) is 21.7. The standard InChI is InChI=1S/C20H39NO4Si/c1-26(2,25-18-13-10-11-14-18)16-12-8-6-4-3-5-7-9-15-19(22)21-17-20(23)24/h18H,3-17H2,1-2H3,(H,21,22)(H,23,24). The molecule has 1 saturated carbocycles. The Morgan fingerprint density at radius 3 is 2.08 bits per heavy atom. The van der Waals surface area contributed by atoms with Gasteiger partial charge in [0.2, 0.25) is 5.91 Å². The van der Waals surface area contributed by atoms with Gasteiger partial charge in [-0.1, -0.05) is 57.8 Å². The van der Waals surface area contributed by atoms with Gasteiger partial charge in [0, 0.05) is 12.5 Å². The van der Waals surface area contributed by atoms with E-state index >= 15 is 0 Å². The highest BCUT2D eigenvalue weighted by atomic mass is 28.4. The smallest absolute Gasteiger partial charge is 0.322 e. The van der Waals surface area contributed by atoms with Gasteiger partial charge in [0.25, 0.3) is 0 Å². The van der Waals surface area contributed by atoms with Crippen LogP contribution in [-0.2, 0) is 14.0 Å². The van der Waals surface area contributed by atoms with Crippen LogP contribution in [0.1, 0.15) is 83.5 Å². The van der Waals surface area contributed by atoms with Crippen LogP contribution in [0.25, 0.3) is 0 Å². The van der Waals surface area contributed by atoms with Crippen molar-refractivity contribution >= 4 is 20.2 Å². The number of nitrogens with one attached hydrogen (secondary N) is 1. The van der Waals surface area contributed by atoms with Crippen LogP contribution in [0.15, 0.2) is 0 Å². The number of amides is 1. The Balaban J connectivity index is 1.87. The van der Waals surface area contributed by atoms with Gasteiger partial charge in [-0.3, -0.25) is 9.59 Å². The summed E-state index contributed by atoms with van der Waals surface area (Å²) in [5.74, 6) is -1.14. The van der Waals surface area contributed by atoms with Gasteiger partial charge in [-0.2, -0.15) is 0 Å². The number of unbranched alkanes of at least 4 members (excludes halogenated alkanes) is 7. The van der Waals surface area contributed by atoms with Gasteiger partial charge in [0.15, 0.2) is 8.32 Å². The zero-order chi connectivity index (χ0) is 19.3. The average molecular weight is 386 g/mol. The molecular weight excluding hydrogens is 346 g/mol. The third-order valence-corrected chi connectivity index (χ3v) is 7.69. The Morgan fingerprint density at radius 1 is 0.962 bits per heavy atom. The van der Waals surface area contributed by atoms with Crippen LogP contribution in [0.3, 0.4) is 0 Å². The van der Waals surface area contributed by atoms with E-state index in [-0.39, 0.29) is 12.5 Å². The van der Waals surface area contributed by atoms with Crippen LogP contribution < -0.4 is 5.32 Å². The Hall–Kier alpha value is -0.883. The molecular formula is C20H39NO4Si. The third kappa shape index (κ3) is 12.5. The molecule has 0 aromatic carbocycles. The summed E-state index contributed by atoms with van der Waals surface area (Å²) >= 11 is 0. The highest BCUT2D eigenvalue weighted by Gasteiger charge is 2.27. The second-order valence-electron chi connectivity index (χ2n) is 8.28. The van der Waals surface area contributed by atoms with E-state index < -0.39 is 14.3 Å². The number of carbonyl (C=O) groups excluding carboxylic acids is 1. The van der Waals surface area contributed by atoms with Crippen LogP contribution in [0.5, 0.6) is 0 Å². The number of hydrogen-bond acceptors (Lipinski definition) is 3. The van der Waals surface area contributed by atoms with Crippen molar-refractivity contribution in [3.8, 4) is 0 Å². The molecule has 0 saturated heterocycles. The number of carbonyl (C=O) groups is 2. The summed E-state index contributed by atoms with van der Waals surface area (Å²) in [6.07, 6.45) is 15.7. The molecule has 0 radical (unpaired) electrons. The van der Waals surface area contributed by atoms with Gasteiger partial charge < -0.3 is 14.8 Å². The largest absolute Gasteiger partial charge is 0.480 e. The maximum Gasteiger partial charge on any atom is 0.322 e. The number of carboxylic acid groups (broad SMARTS) is 1. The minimum atomic E-state index is -1.45. The molecule has 0 spiro atoms. The summed E-state index contributed by atoms with van der Waals surface area (Å²) in [5.41, 5.74) is 0. The maximum atomic E-state index is 11.4. The second kappa shape index (κ2) is 13.3. The van der Waals surface area contributed by atoms with Crippen molar-refractivity contribution < 1.29 is 19.1 Å². The molecule has 152 valence electrons. The first-order chi connectivity index (χ1) is 12.4. The Kier molecular flexibility index (Phi) is 11.9. The minimum absolute atomic E-state index is 0.154. The monoisotopic (exact) mass is 385 g/mol. The van der Waals surface area contributed by atoms with Gasteiger partial charge in [0.1, 0.15) is 6.54 Å². The maximum absolute atomic E-state index is 11.4. The third-order valence-electron chi connectivity index (χ3n) is 5.16. The van der Waals surface area contributed by atoms with Gasteiger partial charge in [-0.05, 0) is 38.4 Å². The first-order valence-electron chi connectivity index (χ1n) is 10.6. The summed E-state index contributed by atoms with van der Waals surface area (Å²) in [6.45, 7) is 4.47. The SMILES string of the molecule is C[Si](C)(CCCCCCCCCCC(=O)NCC(=O)O)OC1CCCC1. The van der Waals surface area contributed by atoms with Gasteiger partial charge >= 0.3 is 5.97 Å². The zero-order valence-electron chi connectivity index (χ0n) is 16.9. The summed E-state index contributed by atoms with van der Waals surface area (Å²) in [7, 11) is -1.45. The molecule has 0 bridgehead atoms. The Morgan fingerprint density at radius 2 is 1.50 bits per heavy atom. The molecule has 0 aromatic heterocycles. The van der Waals surface area contributed by atoms with Crippen LogP contribution in [-0.4, -0.2) is 37.9 Å². The minimum Gasteiger partial charge on any atom is -0.480 e. The molecule has 1 rings (SSSR count). The number of carboxylic acids is 1. The fraction of sp³-hybridized carbons (Fsp3) is 0.900. The van der Waals surface area contributed by atoms with E-state index in [2.05, 4.69) is 18.4 Å². The topological polar surface area (TPSA) is 75.6 Å². The lowest BCUT2D eigenvalue weighted by atomic mass is 10.1. The second-order valence-corrected chi connectivity index (χ2v) is 12.5. The van der Waals surface area contributed by atoms with Crippen molar-refractivity contribution in [3.05, 3.63) is 0 Å². The van der Waals surface area contributed by atoms with E-state index in [4.69, 9.17) is 9.53 Å². The van der Waals surface area contributed by atoms with Crippen molar-refractivity contribution in [2.45, 2.75) is 109 Å². The molecule has 1 fully saturated rings. The predicted octanol–water partition coefficient (Wildman–Crippen LogP) is 4.86. The highest BCUT2D eigenvalue weighted by molar-refractivity contribution is 6.71. The van der Waals surface area contributed by atoms with Crippen molar-refractivity contribution in [1.82, 2.24) is 5.32 Å². The molecule has 1 amide bonds. The molecule has 0 atom stereocenters. The first kappa shape index (κ1) is 23.2. The van der Waals surface area contributed by atoms with E-state index in [1.807, 2.05) is 0 Å². The lowest BCUT2D eigenvalue weighted by Gasteiger charge is -2.27. The molecule has 1 aliphatic carbocycles. The summed E-state index contributed by atoms with van der Waals surface area (Å²) < 4.78 is 6.39.